The van der Waals surface area contributed by atoms with Crippen LogP contribution >= 0.6 is 22.9 Å². The van der Waals surface area contributed by atoms with Gasteiger partial charge in [-0.15, -0.1) is 11.3 Å². The van der Waals surface area contributed by atoms with E-state index in [4.69, 9.17) is 25.5 Å². The minimum absolute atomic E-state index is 0.0399. The van der Waals surface area contributed by atoms with Crippen LogP contribution in [0, 0.1) is 11.3 Å². The SMILES string of the molecule is CCOC(=O)c1c(NC(=O)COC(=O)c2cc(-c3ccc(C=O)o3)ccc2Cl)sc2c1CC[C@@H](C(C)(C)C)C2. The predicted octanol–water partition coefficient (Wildman–Crippen LogP) is 6.60. The molecule has 1 N–H and O–H groups in total. The van der Waals surface area contributed by atoms with Gasteiger partial charge in [-0.25, -0.2) is 9.59 Å². The number of ether oxygens (including phenoxy) is 2. The quantitative estimate of drug-likeness (QED) is 0.239. The van der Waals surface area contributed by atoms with Gasteiger partial charge >= 0.3 is 11.9 Å². The number of carbonyl (C=O) groups excluding carboxylic acids is 4. The Balaban J connectivity index is 1.48. The summed E-state index contributed by atoms with van der Waals surface area (Å²) in [5.41, 5.74) is 1.98. The molecule has 1 aliphatic carbocycles. The Morgan fingerprint density at radius 3 is 2.59 bits per heavy atom. The summed E-state index contributed by atoms with van der Waals surface area (Å²) in [6, 6.07) is 7.71. The summed E-state index contributed by atoms with van der Waals surface area (Å²) in [6.07, 6.45) is 3.07. The molecule has 0 bridgehead atoms. The van der Waals surface area contributed by atoms with Gasteiger partial charge in [-0.05, 0) is 73.4 Å². The molecule has 1 amide bonds. The minimum atomic E-state index is -0.803. The Morgan fingerprint density at radius 2 is 1.92 bits per heavy atom. The average molecular weight is 572 g/mol. The molecule has 10 heteroatoms. The lowest BCUT2D eigenvalue weighted by Crippen LogP contribution is -2.26. The van der Waals surface area contributed by atoms with Crippen molar-refractivity contribution in [1.29, 1.82) is 0 Å². The fourth-order valence-corrected chi connectivity index (χ4v) is 6.14. The van der Waals surface area contributed by atoms with Crippen molar-refractivity contribution in [3.63, 3.8) is 0 Å². The summed E-state index contributed by atoms with van der Waals surface area (Å²) in [7, 11) is 0. The summed E-state index contributed by atoms with van der Waals surface area (Å²) in [4.78, 5) is 50.4. The van der Waals surface area contributed by atoms with Gasteiger partial charge in [-0.3, -0.25) is 9.59 Å². The summed E-state index contributed by atoms with van der Waals surface area (Å²) in [5.74, 6) is -0.891. The Kier molecular flexibility index (Phi) is 8.61. The molecular formula is C29H30ClNO7S. The molecule has 0 spiro atoms. The van der Waals surface area contributed by atoms with Crippen LogP contribution < -0.4 is 5.32 Å². The van der Waals surface area contributed by atoms with Crippen LogP contribution in [-0.4, -0.2) is 37.3 Å². The van der Waals surface area contributed by atoms with Crippen LogP contribution in [0.2, 0.25) is 5.02 Å². The van der Waals surface area contributed by atoms with Crippen LogP contribution in [0.4, 0.5) is 5.00 Å². The maximum Gasteiger partial charge on any atom is 0.341 e. The highest BCUT2D eigenvalue weighted by atomic mass is 35.5. The number of anilines is 1. The first-order valence-corrected chi connectivity index (χ1v) is 13.8. The number of aldehydes is 1. The fraction of sp³-hybridized carbons (Fsp3) is 0.379. The third kappa shape index (κ3) is 6.42. The van der Waals surface area contributed by atoms with Crippen molar-refractivity contribution in [2.75, 3.05) is 18.5 Å². The third-order valence-electron chi connectivity index (χ3n) is 6.77. The molecule has 0 radical (unpaired) electrons. The molecule has 2 heterocycles. The van der Waals surface area contributed by atoms with Crippen molar-refractivity contribution in [2.24, 2.45) is 11.3 Å². The van der Waals surface area contributed by atoms with E-state index in [1.807, 2.05) is 0 Å². The van der Waals surface area contributed by atoms with Gasteiger partial charge in [0.05, 0.1) is 22.8 Å². The highest BCUT2D eigenvalue weighted by molar-refractivity contribution is 7.17. The number of amides is 1. The number of nitrogens with one attached hydrogen (secondary N) is 1. The van der Waals surface area contributed by atoms with Gasteiger partial charge in [0.15, 0.2) is 18.7 Å². The van der Waals surface area contributed by atoms with Gasteiger partial charge in [0.25, 0.3) is 5.91 Å². The molecule has 4 rings (SSSR count). The number of carbonyl (C=O) groups is 4. The zero-order valence-corrected chi connectivity index (χ0v) is 23.8. The molecule has 0 fully saturated rings. The Labute approximate surface area is 235 Å². The van der Waals surface area contributed by atoms with E-state index in [-0.39, 0.29) is 28.4 Å². The van der Waals surface area contributed by atoms with E-state index in [0.29, 0.717) is 34.1 Å². The molecule has 1 aromatic carbocycles. The topological polar surface area (TPSA) is 112 Å². The second-order valence-electron chi connectivity index (χ2n) is 10.4. The van der Waals surface area contributed by atoms with Crippen molar-refractivity contribution in [3.8, 4) is 11.3 Å². The first kappa shape index (κ1) is 28.6. The van der Waals surface area contributed by atoms with Crippen molar-refractivity contribution in [1.82, 2.24) is 0 Å². The van der Waals surface area contributed by atoms with Crippen LogP contribution in [0.25, 0.3) is 11.3 Å². The van der Waals surface area contributed by atoms with E-state index in [2.05, 4.69) is 26.1 Å². The van der Waals surface area contributed by atoms with Gasteiger partial charge in [0.1, 0.15) is 10.8 Å². The van der Waals surface area contributed by atoms with Crippen LogP contribution in [0.5, 0.6) is 0 Å². The lowest BCUT2D eigenvalue weighted by molar-refractivity contribution is -0.119. The zero-order valence-electron chi connectivity index (χ0n) is 22.2. The van der Waals surface area contributed by atoms with E-state index in [0.717, 1.165) is 29.7 Å². The number of rotatable bonds is 8. The monoisotopic (exact) mass is 571 g/mol. The maximum absolute atomic E-state index is 12.8. The number of esters is 2. The van der Waals surface area contributed by atoms with Crippen LogP contribution in [0.15, 0.2) is 34.7 Å². The van der Waals surface area contributed by atoms with Crippen molar-refractivity contribution in [3.05, 3.63) is 62.7 Å². The standard InChI is InChI=1S/C29H30ClNO7S/c1-5-36-28(35)25-19-9-7-17(29(2,3)4)13-23(19)39-26(25)31-24(33)15-37-27(34)20-12-16(6-10-21(20)30)22-11-8-18(14-32)38-22/h6,8,10-12,14,17H,5,7,9,13,15H2,1-4H3,(H,31,33)/t17-/m1/s1. The number of hydrogen-bond donors (Lipinski definition) is 1. The molecule has 0 aliphatic heterocycles. The summed E-state index contributed by atoms with van der Waals surface area (Å²) < 4.78 is 15.9. The number of benzene rings is 1. The molecule has 1 atom stereocenters. The van der Waals surface area contributed by atoms with Crippen LogP contribution in [-0.2, 0) is 27.1 Å². The molecule has 2 aromatic heterocycles. The summed E-state index contributed by atoms with van der Waals surface area (Å²) >= 11 is 7.58. The first-order valence-electron chi connectivity index (χ1n) is 12.6. The Hall–Kier alpha value is -3.43. The van der Waals surface area contributed by atoms with Gasteiger partial charge < -0.3 is 19.2 Å². The van der Waals surface area contributed by atoms with Gasteiger partial charge in [0, 0.05) is 10.4 Å². The minimum Gasteiger partial charge on any atom is -0.462 e. The fourth-order valence-electron chi connectivity index (χ4n) is 4.61. The highest BCUT2D eigenvalue weighted by Crippen LogP contribution is 2.44. The number of fused-ring (bicyclic) bond motifs is 1. The maximum atomic E-state index is 12.8. The lowest BCUT2D eigenvalue weighted by Gasteiger charge is -2.33. The molecule has 206 valence electrons. The number of furan rings is 1. The molecule has 1 aliphatic rings. The molecule has 0 saturated carbocycles. The molecule has 8 nitrogen and oxygen atoms in total. The largest absolute Gasteiger partial charge is 0.462 e. The molecule has 3 aromatic rings. The molecule has 0 unspecified atom stereocenters. The molecule has 39 heavy (non-hydrogen) atoms. The lowest BCUT2D eigenvalue weighted by atomic mass is 9.72. The van der Waals surface area contributed by atoms with Gasteiger partial charge in [-0.2, -0.15) is 0 Å². The summed E-state index contributed by atoms with van der Waals surface area (Å²) in [6.45, 7) is 7.99. The van der Waals surface area contributed by atoms with E-state index < -0.39 is 24.5 Å². The Morgan fingerprint density at radius 1 is 1.15 bits per heavy atom. The molecule has 0 saturated heterocycles. The Bertz CT molecular complexity index is 1420. The van der Waals surface area contributed by atoms with Crippen molar-refractivity contribution < 1.29 is 33.1 Å². The second-order valence-corrected chi connectivity index (χ2v) is 11.9. The smallest absolute Gasteiger partial charge is 0.341 e. The van der Waals surface area contributed by atoms with Crippen LogP contribution in [0.3, 0.4) is 0 Å². The van der Waals surface area contributed by atoms with Gasteiger partial charge in [0.2, 0.25) is 0 Å². The average Bonchev–Trinajstić information content (AvgIpc) is 3.51. The van der Waals surface area contributed by atoms with E-state index >= 15 is 0 Å². The van der Waals surface area contributed by atoms with E-state index in [1.54, 1.807) is 19.1 Å². The third-order valence-corrected chi connectivity index (χ3v) is 8.27. The zero-order chi connectivity index (χ0) is 28.3. The highest BCUT2D eigenvalue weighted by Gasteiger charge is 2.34. The van der Waals surface area contributed by atoms with Crippen LogP contribution in [0.1, 0.15) is 75.8 Å². The van der Waals surface area contributed by atoms with Crippen molar-refractivity contribution >= 4 is 52.1 Å². The van der Waals surface area contributed by atoms with E-state index in [1.165, 1.54) is 29.5 Å². The first-order chi connectivity index (χ1) is 18.5. The number of hydrogen-bond acceptors (Lipinski definition) is 8. The normalized spacial score (nSPS) is 14.8. The van der Waals surface area contributed by atoms with Gasteiger partial charge in [-0.1, -0.05) is 32.4 Å². The number of halogens is 1. The number of thiophene rings is 1. The summed E-state index contributed by atoms with van der Waals surface area (Å²) in [5, 5.41) is 3.28. The second kappa shape index (κ2) is 11.8. The van der Waals surface area contributed by atoms with Crippen molar-refractivity contribution in [2.45, 2.75) is 47.0 Å². The molecular weight excluding hydrogens is 542 g/mol. The van der Waals surface area contributed by atoms with E-state index in [9.17, 15) is 19.2 Å². The predicted molar refractivity (Wildman–Crippen MR) is 149 cm³/mol.